The van der Waals surface area contributed by atoms with E-state index in [1.54, 1.807) is 27.4 Å². The lowest BCUT2D eigenvalue weighted by Gasteiger charge is -2.15. The molecule has 6 heteroatoms. The molecule has 1 N–H and O–H groups in total. The molecule has 0 aliphatic rings. The molecule has 0 bridgehead atoms. The molecule has 2 rings (SSSR count). The number of hydrogen-bond donors (Lipinski definition) is 1. The van der Waals surface area contributed by atoms with Crippen LogP contribution in [-0.4, -0.2) is 21.3 Å². The average molecular weight is 342 g/mol. The molecule has 0 aromatic heterocycles. The number of hydrogen-bond acceptors (Lipinski definition) is 4. The Bertz CT molecular complexity index is 637. The Morgan fingerprint density at radius 2 is 1.50 bits per heavy atom. The zero-order chi connectivity index (χ0) is 16.1. The smallest absolute Gasteiger partial charge is 0.203 e. The number of rotatable bonds is 6. The van der Waals surface area contributed by atoms with Crippen molar-refractivity contribution < 1.29 is 14.2 Å². The van der Waals surface area contributed by atoms with Gasteiger partial charge >= 0.3 is 0 Å². The normalized spacial score (nSPS) is 10.2. The zero-order valence-corrected chi connectivity index (χ0v) is 14.1. The fraction of sp³-hybridized carbons (Fsp3) is 0.250. The molecule has 0 radical (unpaired) electrons. The first-order valence-electron chi connectivity index (χ1n) is 6.56. The molecule has 2 aromatic carbocycles. The van der Waals surface area contributed by atoms with Crippen LogP contribution in [0.2, 0.25) is 10.0 Å². The molecule has 0 fully saturated rings. The van der Waals surface area contributed by atoms with Crippen LogP contribution in [-0.2, 0) is 6.54 Å². The third-order valence-corrected chi connectivity index (χ3v) is 3.88. The molecule has 0 aliphatic carbocycles. The number of methoxy groups -OCH3 is 3. The van der Waals surface area contributed by atoms with Gasteiger partial charge in [-0.1, -0.05) is 29.3 Å². The van der Waals surface area contributed by atoms with E-state index in [1.165, 1.54) is 0 Å². The molecule has 0 heterocycles. The zero-order valence-electron chi connectivity index (χ0n) is 12.6. The maximum absolute atomic E-state index is 6.01. The second-order valence-corrected chi connectivity index (χ2v) is 5.33. The van der Waals surface area contributed by atoms with Gasteiger partial charge in [-0.05, 0) is 17.7 Å². The molecule has 0 saturated heterocycles. The Balaban J connectivity index is 2.20. The monoisotopic (exact) mass is 341 g/mol. The van der Waals surface area contributed by atoms with Gasteiger partial charge in [-0.3, -0.25) is 0 Å². The summed E-state index contributed by atoms with van der Waals surface area (Å²) < 4.78 is 15.9. The van der Waals surface area contributed by atoms with Crippen molar-refractivity contribution in [1.29, 1.82) is 0 Å². The molecule has 22 heavy (non-hydrogen) atoms. The van der Waals surface area contributed by atoms with Crippen molar-refractivity contribution in [2.24, 2.45) is 0 Å². The highest BCUT2D eigenvalue weighted by Crippen LogP contribution is 2.40. The molecule has 2 aromatic rings. The fourth-order valence-corrected chi connectivity index (χ4v) is 2.36. The van der Waals surface area contributed by atoms with Gasteiger partial charge in [-0.15, -0.1) is 0 Å². The van der Waals surface area contributed by atoms with E-state index in [4.69, 9.17) is 37.4 Å². The molecule has 0 unspecified atom stereocenters. The number of anilines is 1. The largest absolute Gasteiger partial charge is 0.493 e. The molecule has 0 aliphatic heterocycles. The Hall–Kier alpha value is -1.78. The molecule has 0 spiro atoms. The van der Waals surface area contributed by atoms with Gasteiger partial charge in [0, 0.05) is 24.4 Å². The topological polar surface area (TPSA) is 39.7 Å². The van der Waals surface area contributed by atoms with Crippen LogP contribution in [0.3, 0.4) is 0 Å². The lowest BCUT2D eigenvalue weighted by molar-refractivity contribution is 0.324. The molecule has 0 atom stereocenters. The minimum absolute atomic E-state index is 0.533. The van der Waals surface area contributed by atoms with Crippen molar-refractivity contribution in [3.05, 3.63) is 45.9 Å². The molecule has 4 nitrogen and oxygen atoms in total. The van der Waals surface area contributed by atoms with Crippen molar-refractivity contribution >= 4 is 28.9 Å². The minimum atomic E-state index is 0.533. The van der Waals surface area contributed by atoms with E-state index >= 15 is 0 Å². The summed E-state index contributed by atoms with van der Waals surface area (Å²) in [5.41, 5.74) is 1.86. The lowest BCUT2D eigenvalue weighted by atomic mass is 10.2. The summed E-state index contributed by atoms with van der Waals surface area (Å²) in [4.78, 5) is 0. The first-order valence-corrected chi connectivity index (χ1v) is 7.32. The second-order valence-electron chi connectivity index (χ2n) is 4.52. The quantitative estimate of drug-likeness (QED) is 0.831. The number of halogens is 2. The molecular weight excluding hydrogens is 325 g/mol. The van der Waals surface area contributed by atoms with E-state index in [-0.39, 0.29) is 0 Å². The van der Waals surface area contributed by atoms with E-state index in [9.17, 15) is 0 Å². The minimum Gasteiger partial charge on any atom is -0.493 e. The summed E-state index contributed by atoms with van der Waals surface area (Å²) >= 11 is 11.9. The SMILES string of the molecule is COc1cc(NCc2ccc(Cl)c(Cl)c2)cc(OC)c1OC. The predicted molar refractivity (Wildman–Crippen MR) is 89.9 cm³/mol. The number of ether oxygens (including phenoxy) is 3. The van der Waals surface area contributed by atoms with Crippen molar-refractivity contribution in [3.8, 4) is 17.2 Å². The highest BCUT2D eigenvalue weighted by molar-refractivity contribution is 6.42. The van der Waals surface area contributed by atoms with E-state index in [0.29, 0.717) is 33.8 Å². The maximum atomic E-state index is 6.01. The summed E-state index contributed by atoms with van der Waals surface area (Å²) in [6.45, 7) is 0.593. The van der Waals surface area contributed by atoms with Gasteiger partial charge in [-0.25, -0.2) is 0 Å². The van der Waals surface area contributed by atoms with Crippen molar-refractivity contribution in [2.45, 2.75) is 6.54 Å². The number of benzene rings is 2. The highest BCUT2D eigenvalue weighted by atomic mass is 35.5. The molecule has 0 saturated carbocycles. The van der Waals surface area contributed by atoms with Gasteiger partial charge < -0.3 is 19.5 Å². The lowest BCUT2D eigenvalue weighted by Crippen LogP contribution is -2.02. The predicted octanol–water partition coefficient (Wildman–Crippen LogP) is 4.63. The van der Waals surface area contributed by atoms with Crippen LogP contribution in [0.25, 0.3) is 0 Å². The van der Waals surface area contributed by atoms with Gasteiger partial charge in [0.15, 0.2) is 11.5 Å². The van der Waals surface area contributed by atoms with E-state index in [0.717, 1.165) is 11.3 Å². The average Bonchev–Trinajstić information content (AvgIpc) is 2.54. The van der Waals surface area contributed by atoms with Crippen LogP contribution in [0.15, 0.2) is 30.3 Å². The van der Waals surface area contributed by atoms with Crippen molar-refractivity contribution in [3.63, 3.8) is 0 Å². The highest BCUT2D eigenvalue weighted by Gasteiger charge is 2.13. The Morgan fingerprint density at radius 3 is 2.00 bits per heavy atom. The first kappa shape index (κ1) is 16.6. The molecule has 118 valence electrons. The van der Waals surface area contributed by atoms with E-state index in [2.05, 4.69) is 5.32 Å². The van der Waals surface area contributed by atoms with Crippen LogP contribution >= 0.6 is 23.2 Å². The second kappa shape index (κ2) is 7.47. The van der Waals surface area contributed by atoms with Gasteiger partial charge in [0.05, 0.1) is 31.4 Å². The van der Waals surface area contributed by atoms with Crippen molar-refractivity contribution in [1.82, 2.24) is 0 Å². The van der Waals surface area contributed by atoms with Crippen LogP contribution in [0, 0.1) is 0 Å². The number of nitrogens with one attached hydrogen (secondary N) is 1. The standard InChI is InChI=1S/C16H17Cl2NO3/c1-20-14-7-11(8-15(21-2)16(14)22-3)19-9-10-4-5-12(17)13(18)6-10/h4-8,19H,9H2,1-3H3. The van der Waals surface area contributed by atoms with Crippen molar-refractivity contribution in [2.75, 3.05) is 26.6 Å². The van der Waals surface area contributed by atoms with Gasteiger partial charge in [-0.2, -0.15) is 0 Å². The Morgan fingerprint density at radius 1 is 0.864 bits per heavy atom. The summed E-state index contributed by atoms with van der Waals surface area (Å²) in [5.74, 6) is 1.75. The van der Waals surface area contributed by atoms with Gasteiger partial charge in [0.2, 0.25) is 5.75 Å². The van der Waals surface area contributed by atoms with Crippen LogP contribution in [0.4, 0.5) is 5.69 Å². The van der Waals surface area contributed by atoms with Crippen LogP contribution in [0.5, 0.6) is 17.2 Å². The maximum Gasteiger partial charge on any atom is 0.203 e. The van der Waals surface area contributed by atoms with Crippen LogP contribution < -0.4 is 19.5 Å². The Kier molecular flexibility index (Phi) is 5.63. The third-order valence-electron chi connectivity index (χ3n) is 3.15. The summed E-state index contributed by atoms with van der Waals surface area (Å²) in [6, 6.07) is 9.21. The summed E-state index contributed by atoms with van der Waals surface area (Å²) in [5, 5.41) is 4.36. The Labute approximate surface area is 139 Å². The van der Waals surface area contributed by atoms with E-state index in [1.807, 2.05) is 24.3 Å². The van der Waals surface area contributed by atoms with Crippen LogP contribution in [0.1, 0.15) is 5.56 Å². The van der Waals surface area contributed by atoms with E-state index < -0.39 is 0 Å². The summed E-state index contributed by atoms with van der Waals surface area (Å²) in [7, 11) is 4.74. The third kappa shape index (κ3) is 3.70. The molecule has 0 amide bonds. The van der Waals surface area contributed by atoms with Gasteiger partial charge in [0.25, 0.3) is 0 Å². The summed E-state index contributed by atoms with van der Waals surface area (Å²) in [6.07, 6.45) is 0. The first-order chi connectivity index (χ1) is 10.6. The molecular formula is C16H17Cl2NO3. The fourth-order valence-electron chi connectivity index (χ4n) is 2.04. The van der Waals surface area contributed by atoms with Gasteiger partial charge in [0.1, 0.15) is 0 Å².